The van der Waals surface area contributed by atoms with E-state index < -0.39 is 0 Å². The van der Waals surface area contributed by atoms with E-state index in [-0.39, 0.29) is 0 Å². The number of fused-ring (bicyclic) bond motifs is 1. The van der Waals surface area contributed by atoms with Crippen LogP contribution in [0.25, 0.3) is 22.2 Å². The van der Waals surface area contributed by atoms with Crippen LogP contribution in [0.5, 0.6) is 0 Å². The van der Waals surface area contributed by atoms with Crippen molar-refractivity contribution in [3.8, 4) is 11.3 Å². The summed E-state index contributed by atoms with van der Waals surface area (Å²) < 4.78 is 2.27. The molecule has 18 heavy (non-hydrogen) atoms. The molecule has 0 amide bonds. The van der Waals surface area contributed by atoms with E-state index in [4.69, 9.17) is 11.6 Å². The van der Waals surface area contributed by atoms with Gasteiger partial charge in [0.25, 0.3) is 0 Å². The second-order valence-electron chi connectivity index (χ2n) is 4.29. The van der Waals surface area contributed by atoms with E-state index in [1.165, 1.54) is 11.1 Å². The van der Waals surface area contributed by atoms with E-state index in [0.717, 1.165) is 22.6 Å². The van der Waals surface area contributed by atoms with Gasteiger partial charge in [-0.3, -0.25) is 0 Å². The third-order valence-corrected chi connectivity index (χ3v) is 3.66. The van der Waals surface area contributed by atoms with Crippen molar-refractivity contribution in [3.63, 3.8) is 0 Å². The van der Waals surface area contributed by atoms with Crippen molar-refractivity contribution in [3.05, 3.63) is 59.6 Å². The Morgan fingerprint density at radius 2 is 1.61 bits per heavy atom. The van der Waals surface area contributed by atoms with Gasteiger partial charge in [-0.1, -0.05) is 60.1 Å². The standard InChI is InChI=1S/C16H14ClN/c1-2-18-14-11-7-6-10-13(14)15(17)16(18)12-8-4-3-5-9-12/h3-11H,2H2,1H3. The first kappa shape index (κ1) is 11.4. The minimum atomic E-state index is 0.846. The average Bonchev–Trinajstić information content (AvgIpc) is 2.73. The molecule has 0 spiro atoms. The van der Waals surface area contributed by atoms with Crippen LogP contribution in [0.1, 0.15) is 6.92 Å². The Bertz CT molecular complexity index is 683. The fourth-order valence-electron chi connectivity index (χ4n) is 2.47. The highest BCUT2D eigenvalue weighted by molar-refractivity contribution is 6.38. The Labute approximate surface area is 112 Å². The molecule has 0 aliphatic rings. The maximum absolute atomic E-state index is 6.55. The minimum absolute atomic E-state index is 0.846. The van der Waals surface area contributed by atoms with E-state index >= 15 is 0 Å². The number of hydrogen-bond donors (Lipinski definition) is 0. The average molecular weight is 256 g/mol. The predicted molar refractivity (Wildman–Crippen MR) is 78.1 cm³/mol. The molecule has 2 heteroatoms. The molecular weight excluding hydrogens is 242 g/mol. The number of rotatable bonds is 2. The van der Waals surface area contributed by atoms with Gasteiger partial charge < -0.3 is 4.57 Å². The van der Waals surface area contributed by atoms with Gasteiger partial charge in [-0.25, -0.2) is 0 Å². The zero-order valence-corrected chi connectivity index (χ0v) is 11.0. The summed E-state index contributed by atoms with van der Waals surface area (Å²) in [6.45, 7) is 3.06. The van der Waals surface area contributed by atoms with E-state index in [1.807, 2.05) is 24.3 Å². The van der Waals surface area contributed by atoms with Gasteiger partial charge in [0.1, 0.15) is 0 Å². The number of aromatic nitrogens is 1. The van der Waals surface area contributed by atoms with Gasteiger partial charge in [-0.05, 0) is 18.6 Å². The molecule has 1 aromatic heterocycles. The quantitative estimate of drug-likeness (QED) is 0.609. The van der Waals surface area contributed by atoms with Crippen molar-refractivity contribution < 1.29 is 0 Å². The SMILES string of the molecule is CCn1c(-c2ccccc2)c(Cl)c2ccccc21. The monoisotopic (exact) mass is 255 g/mol. The molecule has 90 valence electrons. The molecule has 1 nitrogen and oxygen atoms in total. The minimum Gasteiger partial charge on any atom is -0.340 e. The molecule has 2 aromatic carbocycles. The zero-order chi connectivity index (χ0) is 12.5. The van der Waals surface area contributed by atoms with Gasteiger partial charge in [0, 0.05) is 11.9 Å². The Hall–Kier alpha value is -1.73. The number of benzene rings is 2. The summed E-state index contributed by atoms with van der Waals surface area (Å²) in [5, 5.41) is 1.97. The van der Waals surface area contributed by atoms with Gasteiger partial charge in [0.2, 0.25) is 0 Å². The summed E-state index contributed by atoms with van der Waals surface area (Å²) in [5.41, 5.74) is 3.48. The highest BCUT2D eigenvalue weighted by Crippen LogP contribution is 2.37. The van der Waals surface area contributed by atoms with Gasteiger partial charge in [-0.2, -0.15) is 0 Å². The molecule has 0 bridgehead atoms. The van der Waals surface area contributed by atoms with E-state index in [1.54, 1.807) is 0 Å². The number of hydrogen-bond acceptors (Lipinski definition) is 0. The number of para-hydroxylation sites is 1. The van der Waals surface area contributed by atoms with E-state index in [0.29, 0.717) is 0 Å². The lowest BCUT2D eigenvalue weighted by Gasteiger charge is -2.08. The molecule has 0 saturated heterocycles. The number of aryl methyl sites for hydroxylation is 1. The lowest BCUT2D eigenvalue weighted by Crippen LogP contribution is -1.96. The first-order valence-corrected chi connectivity index (χ1v) is 6.53. The second-order valence-corrected chi connectivity index (χ2v) is 4.67. The normalized spacial score (nSPS) is 11.0. The van der Waals surface area contributed by atoms with Crippen LogP contribution in [0.15, 0.2) is 54.6 Å². The zero-order valence-electron chi connectivity index (χ0n) is 10.2. The third-order valence-electron chi connectivity index (χ3n) is 3.27. The summed E-state index contributed by atoms with van der Waals surface area (Å²) in [5.74, 6) is 0. The third kappa shape index (κ3) is 1.63. The van der Waals surface area contributed by atoms with Crippen LogP contribution in [0.3, 0.4) is 0 Å². The Morgan fingerprint density at radius 1 is 0.944 bits per heavy atom. The number of halogens is 1. The van der Waals surface area contributed by atoms with Gasteiger partial charge in [-0.15, -0.1) is 0 Å². The molecule has 3 rings (SSSR count). The van der Waals surface area contributed by atoms with Crippen molar-refractivity contribution in [2.75, 3.05) is 0 Å². The summed E-state index contributed by atoms with van der Waals surface area (Å²) in [4.78, 5) is 0. The molecular formula is C16H14ClN. The number of nitrogens with zero attached hydrogens (tertiary/aromatic N) is 1. The first-order valence-electron chi connectivity index (χ1n) is 6.15. The van der Waals surface area contributed by atoms with E-state index in [9.17, 15) is 0 Å². The fraction of sp³-hybridized carbons (Fsp3) is 0.125. The van der Waals surface area contributed by atoms with Gasteiger partial charge in [0.15, 0.2) is 0 Å². The van der Waals surface area contributed by atoms with Crippen LogP contribution in [-0.2, 0) is 6.54 Å². The van der Waals surface area contributed by atoms with Crippen LogP contribution in [0, 0.1) is 0 Å². The van der Waals surface area contributed by atoms with Crippen molar-refractivity contribution in [2.45, 2.75) is 13.5 Å². The van der Waals surface area contributed by atoms with Crippen molar-refractivity contribution in [1.82, 2.24) is 4.57 Å². The summed E-state index contributed by atoms with van der Waals surface area (Å²) in [6.07, 6.45) is 0. The molecule has 0 radical (unpaired) electrons. The molecule has 0 atom stereocenters. The maximum atomic E-state index is 6.55. The van der Waals surface area contributed by atoms with Crippen molar-refractivity contribution >= 4 is 22.5 Å². The summed E-state index contributed by atoms with van der Waals surface area (Å²) >= 11 is 6.55. The molecule has 0 saturated carbocycles. The lowest BCUT2D eigenvalue weighted by atomic mass is 10.1. The summed E-state index contributed by atoms with van der Waals surface area (Å²) in [6, 6.07) is 18.6. The van der Waals surface area contributed by atoms with Crippen LogP contribution in [0.2, 0.25) is 5.02 Å². The largest absolute Gasteiger partial charge is 0.340 e. The van der Waals surface area contributed by atoms with Gasteiger partial charge >= 0.3 is 0 Å². The Kier molecular flexibility index (Phi) is 2.85. The van der Waals surface area contributed by atoms with Crippen LogP contribution >= 0.6 is 11.6 Å². The smallest absolute Gasteiger partial charge is 0.0742 e. The Morgan fingerprint density at radius 3 is 2.33 bits per heavy atom. The molecule has 0 aliphatic carbocycles. The van der Waals surface area contributed by atoms with Crippen LogP contribution < -0.4 is 0 Å². The molecule has 0 fully saturated rings. The van der Waals surface area contributed by atoms with Crippen molar-refractivity contribution in [2.24, 2.45) is 0 Å². The van der Waals surface area contributed by atoms with E-state index in [2.05, 4.69) is 41.8 Å². The second kappa shape index (κ2) is 4.51. The lowest BCUT2D eigenvalue weighted by molar-refractivity contribution is 0.805. The Balaban J connectivity index is 2.38. The topological polar surface area (TPSA) is 4.93 Å². The summed E-state index contributed by atoms with van der Waals surface area (Å²) in [7, 11) is 0. The fourth-order valence-corrected chi connectivity index (χ4v) is 2.84. The molecule has 0 aliphatic heterocycles. The maximum Gasteiger partial charge on any atom is 0.0742 e. The highest BCUT2D eigenvalue weighted by Gasteiger charge is 2.15. The molecule has 0 unspecified atom stereocenters. The first-order chi connectivity index (χ1) is 8.83. The predicted octanol–water partition coefficient (Wildman–Crippen LogP) is 4.98. The molecule has 1 heterocycles. The van der Waals surface area contributed by atoms with Crippen LogP contribution in [-0.4, -0.2) is 4.57 Å². The van der Waals surface area contributed by atoms with Gasteiger partial charge in [0.05, 0.1) is 16.2 Å². The van der Waals surface area contributed by atoms with Crippen molar-refractivity contribution in [1.29, 1.82) is 0 Å². The molecule has 3 aromatic rings. The highest BCUT2D eigenvalue weighted by atomic mass is 35.5. The molecule has 0 N–H and O–H groups in total. The van der Waals surface area contributed by atoms with Crippen LogP contribution in [0.4, 0.5) is 0 Å².